The topological polar surface area (TPSA) is 53.3 Å². The van der Waals surface area contributed by atoms with E-state index in [9.17, 15) is 4.79 Å². The summed E-state index contributed by atoms with van der Waals surface area (Å²) in [6.07, 6.45) is 1.28. The molecule has 5 nitrogen and oxygen atoms in total. The number of esters is 1. The Morgan fingerprint density at radius 1 is 1.74 bits per heavy atom. The maximum atomic E-state index is 11.5. The monoisotopic (exact) mass is 300 g/mol. The molecule has 0 bridgehead atoms. The summed E-state index contributed by atoms with van der Waals surface area (Å²) in [5.41, 5.74) is 0.792. The van der Waals surface area contributed by atoms with E-state index in [1.165, 1.54) is 18.4 Å². The number of methoxy groups -OCH3 is 1. The van der Waals surface area contributed by atoms with E-state index in [-0.39, 0.29) is 12.1 Å². The van der Waals surface area contributed by atoms with Gasteiger partial charge in [0.15, 0.2) is 0 Å². The van der Waals surface area contributed by atoms with Gasteiger partial charge in [0, 0.05) is 6.61 Å². The van der Waals surface area contributed by atoms with E-state index in [2.05, 4.69) is 4.98 Å². The first kappa shape index (κ1) is 12.9. The zero-order valence-electron chi connectivity index (χ0n) is 10.4. The van der Waals surface area contributed by atoms with Crippen LogP contribution in [0, 0.1) is 0 Å². The predicted molar refractivity (Wildman–Crippen MR) is 72.9 cm³/mol. The largest absolute Gasteiger partial charge is 0.465 e. The summed E-state index contributed by atoms with van der Waals surface area (Å²) in [5, 5.41) is 0. The first-order valence-electron chi connectivity index (χ1n) is 5.97. The van der Waals surface area contributed by atoms with Gasteiger partial charge >= 0.3 is 5.97 Å². The molecule has 0 N–H and O–H groups in total. The molecule has 0 radical (unpaired) electrons. The molecule has 1 atom stereocenters. The van der Waals surface area contributed by atoms with Gasteiger partial charge in [0.2, 0.25) is 0 Å². The fraction of sp³-hybridized carbons (Fsp3) is 0.500. The van der Waals surface area contributed by atoms with Crippen LogP contribution in [0.1, 0.15) is 21.9 Å². The van der Waals surface area contributed by atoms with Crippen LogP contribution in [0.4, 0.5) is 0 Å². The van der Waals surface area contributed by atoms with Crippen LogP contribution in [0.25, 0.3) is 10.3 Å². The molecule has 0 aromatic carbocycles. The van der Waals surface area contributed by atoms with E-state index in [4.69, 9.17) is 21.1 Å². The molecule has 2 aromatic rings. The van der Waals surface area contributed by atoms with Gasteiger partial charge in [-0.2, -0.15) is 0 Å². The molecule has 0 aliphatic carbocycles. The minimum atomic E-state index is -0.332. The van der Waals surface area contributed by atoms with E-state index in [0.717, 1.165) is 35.7 Å². The molecule has 7 heteroatoms. The lowest BCUT2D eigenvalue weighted by atomic mass is 10.2. The highest BCUT2D eigenvalue weighted by atomic mass is 35.5. The van der Waals surface area contributed by atoms with Gasteiger partial charge in [0.05, 0.1) is 25.6 Å². The van der Waals surface area contributed by atoms with Crippen molar-refractivity contribution < 1.29 is 14.3 Å². The van der Waals surface area contributed by atoms with E-state index in [1.807, 2.05) is 4.57 Å². The van der Waals surface area contributed by atoms with Crippen molar-refractivity contribution in [2.24, 2.45) is 0 Å². The van der Waals surface area contributed by atoms with Crippen molar-refractivity contribution in [3.63, 3.8) is 0 Å². The Morgan fingerprint density at radius 3 is 3.11 bits per heavy atom. The summed E-state index contributed by atoms with van der Waals surface area (Å²) in [5.74, 6) is 0.832. The smallest absolute Gasteiger partial charge is 0.348 e. The summed E-state index contributed by atoms with van der Waals surface area (Å²) in [6.45, 7) is 1.55. The fourth-order valence-corrected chi connectivity index (χ4v) is 3.33. The highest BCUT2D eigenvalue weighted by molar-refractivity contribution is 7.20. The maximum Gasteiger partial charge on any atom is 0.348 e. The van der Waals surface area contributed by atoms with Crippen LogP contribution >= 0.6 is 22.9 Å². The van der Waals surface area contributed by atoms with Crippen LogP contribution in [0.5, 0.6) is 0 Å². The number of fused-ring (bicyclic) bond motifs is 1. The van der Waals surface area contributed by atoms with Crippen LogP contribution in [0.2, 0.25) is 0 Å². The maximum absolute atomic E-state index is 11.5. The lowest BCUT2D eigenvalue weighted by molar-refractivity contribution is -0.0588. The molecule has 3 rings (SSSR count). The molecule has 1 unspecified atom stereocenters. The third-order valence-corrected chi connectivity index (χ3v) is 4.55. The number of carbonyl (C=O) groups is 1. The minimum absolute atomic E-state index is 0.225. The third-order valence-electron chi connectivity index (χ3n) is 3.19. The number of aromatic nitrogens is 2. The molecule has 102 valence electrons. The van der Waals surface area contributed by atoms with Crippen LogP contribution in [0.15, 0.2) is 6.07 Å². The number of nitrogens with zero attached hydrogens (tertiary/aromatic N) is 2. The first-order chi connectivity index (χ1) is 9.22. The minimum Gasteiger partial charge on any atom is -0.465 e. The van der Waals surface area contributed by atoms with Crippen molar-refractivity contribution >= 4 is 39.3 Å². The summed E-state index contributed by atoms with van der Waals surface area (Å²) in [4.78, 5) is 17.5. The number of ether oxygens (including phenoxy) is 2. The van der Waals surface area contributed by atoms with E-state index < -0.39 is 0 Å². The number of thiophene rings is 1. The lowest BCUT2D eigenvalue weighted by Gasteiger charge is -2.27. The van der Waals surface area contributed by atoms with Crippen LogP contribution in [0.3, 0.4) is 0 Å². The molecular formula is C12H13ClN2O3S. The summed E-state index contributed by atoms with van der Waals surface area (Å²) >= 11 is 7.30. The van der Waals surface area contributed by atoms with Crippen LogP contribution < -0.4 is 0 Å². The Kier molecular flexibility index (Phi) is 3.47. The molecule has 2 aromatic heterocycles. The van der Waals surface area contributed by atoms with Gasteiger partial charge in [0.25, 0.3) is 0 Å². The van der Waals surface area contributed by atoms with Gasteiger partial charge in [-0.1, -0.05) is 0 Å². The van der Waals surface area contributed by atoms with Crippen molar-refractivity contribution in [3.05, 3.63) is 16.8 Å². The van der Waals surface area contributed by atoms with Crippen molar-refractivity contribution in [2.75, 3.05) is 13.7 Å². The van der Waals surface area contributed by atoms with Crippen LogP contribution in [-0.4, -0.2) is 35.3 Å². The summed E-state index contributed by atoms with van der Waals surface area (Å²) in [6, 6.07) is 1.75. The van der Waals surface area contributed by atoms with Crippen molar-refractivity contribution in [2.45, 2.75) is 24.9 Å². The Balaban J connectivity index is 1.99. The quantitative estimate of drug-likeness (QED) is 0.643. The molecular weight excluding hydrogens is 288 g/mol. The first-order valence-corrected chi connectivity index (χ1v) is 7.33. The van der Waals surface area contributed by atoms with E-state index >= 15 is 0 Å². The zero-order valence-corrected chi connectivity index (χ0v) is 12.0. The molecule has 1 saturated heterocycles. The Morgan fingerprint density at radius 2 is 2.53 bits per heavy atom. The van der Waals surface area contributed by atoms with Crippen molar-refractivity contribution in [1.29, 1.82) is 0 Å². The van der Waals surface area contributed by atoms with Gasteiger partial charge in [-0.05, 0) is 12.5 Å². The highest BCUT2D eigenvalue weighted by Gasteiger charge is 2.23. The standard InChI is InChI=1S/C12H13ClN2O3S/c1-17-12(16)9-4-8-11(19-9)15(10(5-13)14-8)6-7-2-3-18-7/h4,7H,2-3,5-6H2,1H3. The Labute approximate surface area is 119 Å². The number of rotatable bonds is 4. The number of halogens is 1. The zero-order chi connectivity index (χ0) is 13.4. The second-order valence-electron chi connectivity index (χ2n) is 4.35. The third kappa shape index (κ3) is 2.24. The van der Waals surface area contributed by atoms with Gasteiger partial charge in [-0.3, -0.25) is 0 Å². The highest BCUT2D eigenvalue weighted by Crippen LogP contribution is 2.29. The molecule has 1 aliphatic rings. The fourth-order valence-electron chi connectivity index (χ4n) is 2.09. The van der Waals surface area contributed by atoms with Gasteiger partial charge in [-0.25, -0.2) is 9.78 Å². The second-order valence-corrected chi connectivity index (χ2v) is 5.64. The second kappa shape index (κ2) is 5.11. The molecule has 0 amide bonds. The van der Waals surface area contributed by atoms with Gasteiger partial charge in [0.1, 0.15) is 21.0 Å². The number of hydrogen-bond donors (Lipinski definition) is 0. The molecule has 0 saturated carbocycles. The van der Waals surface area contributed by atoms with Gasteiger partial charge < -0.3 is 14.0 Å². The number of imidazole rings is 1. The lowest BCUT2D eigenvalue weighted by Crippen LogP contribution is -2.31. The summed E-state index contributed by atoms with van der Waals surface area (Å²) in [7, 11) is 1.38. The number of carbonyl (C=O) groups excluding carboxylic acids is 1. The SMILES string of the molecule is COC(=O)c1cc2nc(CCl)n(CC3CCO3)c2s1. The van der Waals surface area contributed by atoms with Gasteiger partial charge in [-0.15, -0.1) is 22.9 Å². The Hall–Kier alpha value is -1.11. The average molecular weight is 301 g/mol. The molecule has 1 aliphatic heterocycles. The molecule has 0 spiro atoms. The normalized spacial score (nSPS) is 18.5. The Bertz CT molecular complexity index is 618. The number of hydrogen-bond acceptors (Lipinski definition) is 5. The average Bonchev–Trinajstić information content (AvgIpc) is 2.90. The molecule has 1 fully saturated rings. The van der Waals surface area contributed by atoms with Crippen molar-refractivity contribution in [1.82, 2.24) is 9.55 Å². The molecule has 3 heterocycles. The van der Waals surface area contributed by atoms with E-state index in [0.29, 0.717) is 10.8 Å². The number of alkyl halides is 1. The van der Waals surface area contributed by atoms with Crippen molar-refractivity contribution in [3.8, 4) is 0 Å². The van der Waals surface area contributed by atoms with Crippen LogP contribution in [-0.2, 0) is 21.9 Å². The summed E-state index contributed by atoms with van der Waals surface area (Å²) < 4.78 is 12.2. The van der Waals surface area contributed by atoms with E-state index in [1.54, 1.807) is 6.07 Å². The predicted octanol–water partition coefficient (Wildman–Crippen LogP) is 2.41. The molecule has 19 heavy (non-hydrogen) atoms.